The first-order valence-corrected chi connectivity index (χ1v) is 7.11. The van der Waals surface area contributed by atoms with Crippen molar-refractivity contribution in [2.24, 2.45) is 5.92 Å². The molecule has 1 unspecified atom stereocenters. The Morgan fingerprint density at radius 3 is 2.87 bits per heavy atom. The van der Waals surface area contributed by atoms with Gasteiger partial charge in [0, 0.05) is 11.9 Å². The lowest BCUT2D eigenvalue weighted by Crippen LogP contribution is -2.05. The smallest absolute Gasteiger partial charge is 0.0961 e. The van der Waals surface area contributed by atoms with Gasteiger partial charge < -0.3 is 0 Å². The van der Waals surface area contributed by atoms with Gasteiger partial charge in [-0.3, -0.25) is 0 Å². The fraction of sp³-hybridized carbons (Fsp3) is 0.545. The Balaban J connectivity index is 2.38. The van der Waals surface area contributed by atoms with E-state index in [0.717, 1.165) is 16.5 Å². The van der Waals surface area contributed by atoms with Crippen molar-refractivity contribution in [3.63, 3.8) is 0 Å². The van der Waals surface area contributed by atoms with Crippen molar-refractivity contribution < 1.29 is 0 Å². The van der Waals surface area contributed by atoms with Crippen molar-refractivity contribution in [2.45, 2.75) is 24.8 Å². The SMILES string of the molecule is CCCC(CS)CSc1ccc(Cl)cn1. The molecule has 0 radical (unpaired) electrons. The number of nitrogens with zero attached hydrogens (tertiary/aromatic N) is 1. The molecule has 0 N–H and O–H groups in total. The minimum Gasteiger partial charge on any atom is -0.248 e. The molecule has 1 nitrogen and oxygen atoms in total. The number of rotatable bonds is 6. The number of hydrogen-bond acceptors (Lipinski definition) is 3. The second-order valence-corrected chi connectivity index (χ2v) is 5.30. The van der Waals surface area contributed by atoms with Gasteiger partial charge in [0.1, 0.15) is 0 Å². The normalized spacial score (nSPS) is 12.7. The van der Waals surface area contributed by atoms with Gasteiger partial charge in [0.15, 0.2) is 0 Å². The van der Waals surface area contributed by atoms with E-state index in [0.29, 0.717) is 10.9 Å². The van der Waals surface area contributed by atoms with E-state index in [1.165, 1.54) is 12.8 Å². The molecule has 1 heterocycles. The molecule has 84 valence electrons. The minimum absolute atomic E-state index is 0.681. The zero-order valence-corrected chi connectivity index (χ0v) is 11.3. The van der Waals surface area contributed by atoms with Crippen LogP contribution in [0.1, 0.15) is 19.8 Å². The van der Waals surface area contributed by atoms with Gasteiger partial charge in [-0.1, -0.05) is 24.9 Å². The van der Waals surface area contributed by atoms with Crippen LogP contribution in [0, 0.1) is 5.92 Å². The van der Waals surface area contributed by atoms with Crippen LogP contribution in [0.4, 0.5) is 0 Å². The molecule has 0 amide bonds. The summed E-state index contributed by atoms with van der Waals surface area (Å²) in [4.78, 5) is 4.25. The molecule has 1 aromatic heterocycles. The van der Waals surface area contributed by atoms with E-state index < -0.39 is 0 Å². The summed E-state index contributed by atoms with van der Waals surface area (Å²) < 4.78 is 0. The number of thiol groups is 1. The van der Waals surface area contributed by atoms with E-state index >= 15 is 0 Å². The quantitative estimate of drug-likeness (QED) is 0.610. The van der Waals surface area contributed by atoms with Gasteiger partial charge in [-0.05, 0) is 30.2 Å². The summed E-state index contributed by atoms with van der Waals surface area (Å²) in [6, 6.07) is 3.85. The van der Waals surface area contributed by atoms with Crippen molar-refractivity contribution in [3.05, 3.63) is 23.4 Å². The molecular weight excluding hydrogens is 246 g/mol. The van der Waals surface area contributed by atoms with Crippen LogP contribution in [0.5, 0.6) is 0 Å². The summed E-state index contributed by atoms with van der Waals surface area (Å²) in [5.74, 6) is 2.72. The molecule has 1 rings (SSSR count). The Morgan fingerprint density at radius 1 is 1.53 bits per heavy atom. The third kappa shape index (κ3) is 5.14. The second kappa shape index (κ2) is 7.42. The second-order valence-electron chi connectivity index (χ2n) is 3.46. The number of thioether (sulfide) groups is 1. The molecule has 0 spiro atoms. The average Bonchev–Trinajstić information content (AvgIpc) is 2.26. The average molecular weight is 262 g/mol. The Hall–Kier alpha value is 0.140. The Kier molecular flexibility index (Phi) is 6.53. The summed E-state index contributed by atoms with van der Waals surface area (Å²) >= 11 is 11.9. The fourth-order valence-corrected chi connectivity index (χ4v) is 2.87. The molecule has 0 aliphatic heterocycles. The lowest BCUT2D eigenvalue weighted by Gasteiger charge is -2.11. The van der Waals surface area contributed by atoms with E-state index in [1.807, 2.05) is 12.1 Å². The molecule has 0 fully saturated rings. The third-order valence-corrected chi connectivity index (χ3v) is 4.04. The number of halogens is 1. The fourth-order valence-electron chi connectivity index (χ4n) is 1.29. The van der Waals surface area contributed by atoms with Crippen molar-refractivity contribution in [3.8, 4) is 0 Å². The lowest BCUT2D eigenvalue weighted by atomic mass is 10.1. The first-order chi connectivity index (χ1) is 7.26. The molecule has 0 aromatic carbocycles. The van der Waals surface area contributed by atoms with E-state index in [2.05, 4.69) is 24.5 Å². The van der Waals surface area contributed by atoms with Crippen molar-refractivity contribution >= 4 is 36.0 Å². The van der Waals surface area contributed by atoms with Gasteiger partial charge in [-0.15, -0.1) is 11.8 Å². The van der Waals surface area contributed by atoms with Crippen molar-refractivity contribution in [2.75, 3.05) is 11.5 Å². The van der Waals surface area contributed by atoms with Gasteiger partial charge in [0.25, 0.3) is 0 Å². The zero-order chi connectivity index (χ0) is 11.1. The largest absolute Gasteiger partial charge is 0.248 e. The maximum absolute atomic E-state index is 5.77. The van der Waals surface area contributed by atoms with Crippen LogP contribution in [0.2, 0.25) is 5.02 Å². The predicted molar refractivity (Wildman–Crippen MR) is 72.2 cm³/mol. The summed E-state index contributed by atoms with van der Waals surface area (Å²) in [6.07, 6.45) is 4.16. The third-order valence-electron chi connectivity index (χ3n) is 2.12. The molecule has 0 aliphatic rings. The highest BCUT2D eigenvalue weighted by Crippen LogP contribution is 2.22. The van der Waals surface area contributed by atoms with E-state index in [1.54, 1.807) is 18.0 Å². The van der Waals surface area contributed by atoms with Crippen LogP contribution in [-0.4, -0.2) is 16.5 Å². The molecular formula is C11H16ClNS2. The molecule has 1 atom stereocenters. The maximum Gasteiger partial charge on any atom is 0.0961 e. The summed E-state index contributed by atoms with van der Waals surface area (Å²) in [7, 11) is 0. The maximum atomic E-state index is 5.77. The Bertz CT molecular complexity index is 276. The number of pyridine rings is 1. The number of hydrogen-bond donors (Lipinski definition) is 1. The molecule has 1 aromatic rings. The predicted octanol–water partition coefficient (Wildman–Crippen LogP) is 4.17. The van der Waals surface area contributed by atoms with Crippen LogP contribution in [0.15, 0.2) is 23.4 Å². The first-order valence-electron chi connectivity index (χ1n) is 5.11. The molecule has 0 saturated heterocycles. The molecule has 15 heavy (non-hydrogen) atoms. The Labute approximate surface area is 106 Å². The van der Waals surface area contributed by atoms with Crippen molar-refractivity contribution in [1.29, 1.82) is 0 Å². The number of aromatic nitrogens is 1. The van der Waals surface area contributed by atoms with Crippen LogP contribution in [0.25, 0.3) is 0 Å². The highest BCUT2D eigenvalue weighted by atomic mass is 35.5. The van der Waals surface area contributed by atoms with E-state index in [9.17, 15) is 0 Å². The van der Waals surface area contributed by atoms with Crippen LogP contribution < -0.4 is 0 Å². The van der Waals surface area contributed by atoms with Crippen LogP contribution in [0.3, 0.4) is 0 Å². The molecule has 0 saturated carbocycles. The van der Waals surface area contributed by atoms with Gasteiger partial charge in [-0.25, -0.2) is 4.98 Å². The van der Waals surface area contributed by atoms with Crippen LogP contribution >= 0.6 is 36.0 Å². The van der Waals surface area contributed by atoms with E-state index in [-0.39, 0.29) is 0 Å². The van der Waals surface area contributed by atoms with Gasteiger partial charge >= 0.3 is 0 Å². The highest BCUT2D eigenvalue weighted by molar-refractivity contribution is 7.99. The monoisotopic (exact) mass is 261 g/mol. The Morgan fingerprint density at radius 2 is 2.33 bits per heavy atom. The zero-order valence-electron chi connectivity index (χ0n) is 8.82. The lowest BCUT2D eigenvalue weighted by molar-refractivity contribution is 0.595. The minimum atomic E-state index is 0.681. The van der Waals surface area contributed by atoms with Crippen LogP contribution in [-0.2, 0) is 0 Å². The molecule has 4 heteroatoms. The summed E-state index contributed by atoms with van der Waals surface area (Å²) in [6.45, 7) is 2.21. The highest BCUT2D eigenvalue weighted by Gasteiger charge is 2.06. The van der Waals surface area contributed by atoms with E-state index in [4.69, 9.17) is 11.6 Å². The standard InChI is InChI=1S/C11H16ClNS2/c1-2-3-9(7-14)8-15-11-5-4-10(12)6-13-11/h4-6,9,14H,2-3,7-8H2,1H3. The summed E-state index contributed by atoms with van der Waals surface area (Å²) in [5.41, 5.74) is 0. The topological polar surface area (TPSA) is 12.9 Å². The summed E-state index contributed by atoms with van der Waals surface area (Å²) in [5, 5.41) is 1.74. The van der Waals surface area contributed by atoms with Gasteiger partial charge in [-0.2, -0.15) is 12.6 Å². The van der Waals surface area contributed by atoms with Crippen molar-refractivity contribution in [1.82, 2.24) is 4.98 Å². The molecule has 0 bridgehead atoms. The molecule has 0 aliphatic carbocycles. The van der Waals surface area contributed by atoms with Gasteiger partial charge in [0.2, 0.25) is 0 Å². The van der Waals surface area contributed by atoms with Gasteiger partial charge in [0.05, 0.1) is 10.0 Å². The first kappa shape index (κ1) is 13.2.